The van der Waals surface area contributed by atoms with Crippen molar-refractivity contribution in [3.05, 3.63) is 57.3 Å². The quantitative estimate of drug-likeness (QED) is 0.779. The number of likely N-dealkylation sites (tertiary alicyclic amines) is 1. The third-order valence-electron chi connectivity index (χ3n) is 7.29. The Hall–Kier alpha value is -2.67. The first-order valence-electron chi connectivity index (χ1n) is 11.9. The molecule has 3 aliphatic rings. The minimum absolute atomic E-state index is 0.0513. The zero-order valence-electron chi connectivity index (χ0n) is 18.8. The number of carbonyl (C=O) groups is 1. The van der Waals surface area contributed by atoms with Gasteiger partial charge in [0.15, 0.2) is 0 Å². The van der Waals surface area contributed by atoms with E-state index in [0.29, 0.717) is 12.4 Å². The van der Waals surface area contributed by atoms with E-state index in [4.69, 9.17) is 9.72 Å². The molecule has 1 atom stereocenters. The lowest BCUT2D eigenvalue weighted by Crippen LogP contribution is -2.39. The lowest BCUT2D eigenvalue weighted by molar-refractivity contribution is -0.136. The van der Waals surface area contributed by atoms with Gasteiger partial charge in [0, 0.05) is 38.5 Å². The van der Waals surface area contributed by atoms with E-state index in [0.717, 1.165) is 81.6 Å². The fourth-order valence-corrected chi connectivity index (χ4v) is 5.50. The van der Waals surface area contributed by atoms with Crippen LogP contribution < -0.4 is 10.3 Å². The molecule has 170 valence electrons. The molecule has 7 nitrogen and oxygen atoms in total. The van der Waals surface area contributed by atoms with E-state index in [1.807, 2.05) is 17.0 Å². The van der Waals surface area contributed by atoms with Gasteiger partial charge >= 0.3 is 0 Å². The summed E-state index contributed by atoms with van der Waals surface area (Å²) in [7, 11) is 1.67. The van der Waals surface area contributed by atoms with Crippen molar-refractivity contribution in [1.29, 1.82) is 0 Å². The van der Waals surface area contributed by atoms with Gasteiger partial charge in [-0.1, -0.05) is 25.0 Å². The molecule has 2 aliphatic heterocycles. The smallest absolute Gasteiger partial charge is 0.255 e. The van der Waals surface area contributed by atoms with Gasteiger partial charge in [-0.2, -0.15) is 0 Å². The summed E-state index contributed by atoms with van der Waals surface area (Å²) in [5.74, 6) is 1.95. The largest absolute Gasteiger partial charge is 0.497 e. The van der Waals surface area contributed by atoms with Gasteiger partial charge in [0.25, 0.3) is 5.56 Å². The Balaban J connectivity index is 1.31. The number of methoxy groups -OCH3 is 1. The highest BCUT2D eigenvalue weighted by atomic mass is 16.5. The van der Waals surface area contributed by atoms with E-state index in [-0.39, 0.29) is 23.4 Å². The molecule has 1 aliphatic carbocycles. The first-order valence-corrected chi connectivity index (χ1v) is 11.9. The number of amides is 1. The summed E-state index contributed by atoms with van der Waals surface area (Å²) < 4.78 is 5.23. The minimum atomic E-state index is -0.0848. The fraction of sp³-hybridized carbons (Fsp3) is 0.560. The van der Waals surface area contributed by atoms with Crippen molar-refractivity contribution in [3.8, 4) is 5.75 Å². The van der Waals surface area contributed by atoms with Crippen LogP contribution in [0, 0.1) is 5.92 Å². The summed E-state index contributed by atoms with van der Waals surface area (Å²) in [6.45, 7) is 3.02. The van der Waals surface area contributed by atoms with Crippen molar-refractivity contribution in [2.75, 3.05) is 20.2 Å². The minimum Gasteiger partial charge on any atom is -0.497 e. The van der Waals surface area contributed by atoms with E-state index in [2.05, 4.69) is 22.0 Å². The number of aromatic amines is 1. The molecule has 0 unspecified atom stereocenters. The van der Waals surface area contributed by atoms with Gasteiger partial charge in [0.05, 0.1) is 24.4 Å². The fourth-order valence-electron chi connectivity index (χ4n) is 5.50. The zero-order valence-corrected chi connectivity index (χ0v) is 18.8. The van der Waals surface area contributed by atoms with Crippen LogP contribution in [-0.2, 0) is 24.3 Å². The molecular formula is C25H32N4O3. The van der Waals surface area contributed by atoms with Crippen molar-refractivity contribution < 1.29 is 9.53 Å². The average molecular weight is 437 g/mol. The molecule has 1 amide bonds. The summed E-state index contributed by atoms with van der Waals surface area (Å²) in [4.78, 5) is 38.3. The summed E-state index contributed by atoms with van der Waals surface area (Å²) >= 11 is 0. The van der Waals surface area contributed by atoms with Crippen LogP contribution in [0.5, 0.6) is 5.75 Å². The Morgan fingerprint density at radius 2 is 1.91 bits per heavy atom. The Morgan fingerprint density at radius 3 is 2.66 bits per heavy atom. The lowest BCUT2D eigenvalue weighted by Gasteiger charge is -2.30. The second-order valence-electron chi connectivity index (χ2n) is 9.36. The normalized spacial score (nSPS) is 21.7. The molecule has 1 aromatic heterocycles. The predicted octanol–water partition coefficient (Wildman–Crippen LogP) is 3.19. The second kappa shape index (κ2) is 9.06. The number of hydrogen-bond acceptors (Lipinski definition) is 5. The molecule has 2 fully saturated rings. The third kappa shape index (κ3) is 4.18. The second-order valence-corrected chi connectivity index (χ2v) is 9.36. The number of H-pyrrole nitrogens is 1. The maximum absolute atomic E-state index is 13.1. The Morgan fingerprint density at radius 1 is 1.12 bits per heavy atom. The van der Waals surface area contributed by atoms with Crippen LogP contribution in [-0.4, -0.2) is 45.9 Å². The molecule has 1 saturated heterocycles. The Bertz CT molecular complexity index is 1030. The lowest BCUT2D eigenvalue weighted by atomic mass is 10.0. The molecule has 0 bridgehead atoms. The number of nitrogens with zero attached hydrogens (tertiary/aromatic N) is 3. The number of ether oxygens (including phenoxy) is 1. The average Bonchev–Trinajstić information content (AvgIpc) is 3.52. The van der Waals surface area contributed by atoms with Crippen molar-refractivity contribution in [3.63, 3.8) is 0 Å². The van der Waals surface area contributed by atoms with Gasteiger partial charge in [-0.3, -0.25) is 14.5 Å². The van der Waals surface area contributed by atoms with E-state index >= 15 is 0 Å². The monoisotopic (exact) mass is 436 g/mol. The van der Waals surface area contributed by atoms with Gasteiger partial charge < -0.3 is 14.6 Å². The zero-order chi connectivity index (χ0) is 22.1. The van der Waals surface area contributed by atoms with Crippen LogP contribution in [0.4, 0.5) is 0 Å². The number of hydrogen-bond donors (Lipinski definition) is 1. The highest BCUT2D eigenvalue weighted by Gasteiger charge is 2.36. The molecule has 7 heteroatoms. The standard InChI is InChI=1S/C25H32N4O3/c1-32-19-10-8-17(9-11-19)15-28-14-12-21-20(16-28)24(30)27-23(26-21)22-7-4-13-29(22)25(31)18-5-2-3-6-18/h8-11,18,22H,2-7,12-16H2,1H3,(H,26,27,30)/t22-/m1/s1. The molecule has 3 heterocycles. The SMILES string of the molecule is COc1ccc(CN2CCc3nc([C@H]4CCCN4C(=O)C4CCCC4)[nH]c(=O)c3C2)cc1. The van der Waals surface area contributed by atoms with Crippen molar-refractivity contribution >= 4 is 5.91 Å². The highest BCUT2D eigenvalue weighted by molar-refractivity contribution is 5.79. The molecule has 1 aromatic carbocycles. The van der Waals surface area contributed by atoms with Crippen LogP contribution in [0.3, 0.4) is 0 Å². The van der Waals surface area contributed by atoms with E-state index in [9.17, 15) is 9.59 Å². The molecular weight excluding hydrogens is 404 g/mol. The number of nitrogens with one attached hydrogen (secondary N) is 1. The number of rotatable bonds is 5. The van der Waals surface area contributed by atoms with Gasteiger partial charge in [-0.05, 0) is 43.4 Å². The number of fused-ring (bicyclic) bond motifs is 1. The third-order valence-corrected chi connectivity index (χ3v) is 7.29. The number of benzene rings is 1. The first-order chi connectivity index (χ1) is 15.6. The van der Waals surface area contributed by atoms with E-state index in [1.54, 1.807) is 7.11 Å². The van der Waals surface area contributed by atoms with Crippen molar-refractivity contribution in [2.24, 2.45) is 5.92 Å². The molecule has 1 N–H and O–H groups in total. The molecule has 1 saturated carbocycles. The maximum Gasteiger partial charge on any atom is 0.255 e. The Kier molecular flexibility index (Phi) is 6.00. The summed E-state index contributed by atoms with van der Waals surface area (Å²) in [5, 5.41) is 0. The summed E-state index contributed by atoms with van der Waals surface area (Å²) in [6, 6.07) is 7.98. The highest BCUT2D eigenvalue weighted by Crippen LogP contribution is 2.35. The van der Waals surface area contributed by atoms with Crippen LogP contribution in [0.2, 0.25) is 0 Å². The molecule has 2 aromatic rings. The molecule has 32 heavy (non-hydrogen) atoms. The topological polar surface area (TPSA) is 78.5 Å². The van der Waals surface area contributed by atoms with E-state index < -0.39 is 0 Å². The molecule has 0 radical (unpaired) electrons. The van der Waals surface area contributed by atoms with Crippen LogP contribution in [0.1, 0.15) is 67.2 Å². The number of aromatic nitrogens is 2. The van der Waals surface area contributed by atoms with Gasteiger partial charge in [0.1, 0.15) is 11.6 Å². The Labute approximate surface area is 188 Å². The van der Waals surface area contributed by atoms with Gasteiger partial charge in [0.2, 0.25) is 5.91 Å². The van der Waals surface area contributed by atoms with E-state index in [1.165, 1.54) is 5.56 Å². The molecule has 5 rings (SSSR count). The van der Waals surface area contributed by atoms with Gasteiger partial charge in [-0.15, -0.1) is 0 Å². The van der Waals surface area contributed by atoms with Crippen molar-refractivity contribution in [2.45, 2.75) is 64.1 Å². The number of carbonyl (C=O) groups excluding carboxylic acids is 1. The maximum atomic E-state index is 13.1. The van der Waals surface area contributed by atoms with Crippen LogP contribution >= 0.6 is 0 Å². The van der Waals surface area contributed by atoms with Crippen molar-refractivity contribution in [1.82, 2.24) is 19.8 Å². The molecule has 0 spiro atoms. The van der Waals surface area contributed by atoms with Gasteiger partial charge in [-0.25, -0.2) is 4.98 Å². The summed E-state index contributed by atoms with van der Waals surface area (Å²) in [6.07, 6.45) is 6.90. The predicted molar refractivity (Wildman–Crippen MR) is 121 cm³/mol. The van der Waals surface area contributed by atoms with Crippen LogP contribution in [0.25, 0.3) is 0 Å². The first kappa shape index (κ1) is 21.2. The van der Waals surface area contributed by atoms with Crippen LogP contribution in [0.15, 0.2) is 29.1 Å². The summed E-state index contributed by atoms with van der Waals surface area (Å²) in [5.41, 5.74) is 2.81.